The van der Waals surface area contributed by atoms with Gasteiger partial charge in [0.15, 0.2) is 5.16 Å². The van der Waals surface area contributed by atoms with E-state index in [1.54, 1.807) is 11.8 Å². The Labute approximate surface area is 100 Å². The summed E-state index contributed by atoms with van der Waals surface area (Å²) in [6, 6.07) is 1.98. The van der Waals surface area contributed by atoms with Crippen LogP contribution in [0, 0.1) is 0 Å². The van der Waals surface area contributed by atoms with E-state index in [4.69, 9.17) is 0 Å². The van der Waals surface area contributed by atoms with Gasteiger partial charge >= 0.3 is 0 Å². The van der Waals surface area contributed by atoms with E-state index >= 15 is 0 Å². The van der Waals surface area contributed by atoms with Crippen LogP contribution in [-0.2, 0) is 0 Å². The lowest BCUT2D eigenvalue weighted by molar-refractivity contribution is 0.582. The lowest BCUT2D eigenvalue weighted by Gasteiger charge is -2.28. The van der Waals surface area contributed by atoms with Crippen molar-refractivity contribution in [1.29, 1.82) is 0 Å². The normalized spacial score (nSPS) is 15.9. The molecule has 0 aliphatic carbocycles. The smallest absolute Gasteiger partial charge is 0.189 e. The van der Waals surface area contributed by atoms with Crippen LogP contribution in [-0.4, -0.2) is 42.4 Å². The SMILES string of the molecule is CSc1nccc(N2CCNCC2)n1.Cl. The topological polar surface area (TPSA) is 41.1 Å². The molecule has 1 aromatic rings. The van der Waals surface area contributed by atoms with Crippen LogP contribution in [0.15, 0.2) is 17.4 Å². The summed E-state index contributed by atoms with van der Waals surface area (Å²) in [6.45, 7) is 4.15. The molecule has 1 aliphatic heterocycles. The number of nitrogens with one attached hydrogen (secondary N) is 1. The Bertz CT molecular complexity index is 304. The van der Waals surface area contributed by atoms with Crippen LogP contribution in [0.1, 0.15) is 0 Å². The number of nitrogens with zero attached hydrogens (tertiary/aromatic N) is 3. The van der Waals surface area contributed by atoms with Gasteiger partial charge in [-0.05, 0) is 12.3 Å². The second-order valence-electron chi connectivity index (χ2n) is 3.14. The highest BCUT2D eigenvalue weighted by molar-refractivity contribution is 7.98. The maximum atomic E-state index is 4.46. The van der Waals surface area contributed by atoms with Crippen molar-refractivity contribution >= 4 is 30.0 Å². The highest BCUT2D eigenvalue weighted by atomic mass is 35.5. The second-order valence-corrected chi connectivity index (χ2v) is 3.91. The molecule has 0 spiro atoms. The monoisotopic (exact) mass is 246 g/mol. The first-order valence-electron chi connectivity index (χ1n) is 4.73. The molecular formula is C9H15ClN4S. The molecule has 0 saturated carbocycles. The first-order chi connectivity index (χ1) is 6.90. The minimum Gasteiger partial charge on any atom is -0.354 e. The first kappa shape index (κ1) is 12.5. The molecule has 0 amide bonds. The van der Waals surface area contributed by atoms with Crippen LogP contribution in [0.2, 0.25) is 0 Å². The molecule has 0 unspecified atom stereocenters. The van der Waals surface area contributed by atoms with Gasteiger partial charge in [0.25, 0.3) is 0 Å². The molecule has 2 rings (SSSR count). The van der Waals surface area contributed by atoms with Crippen molar-refractivity contribution in [2.45, 2.75) is 5.16 Å². The zero-order valence-electron chi connectivity index (χ0n) is 8.64. The van der Waals surface area contributed by atoms with Crippen LogP contribution in [0.4, 0.5) is 5.82 Å². The average Bonchev–Trinajstić information content (AvgIpc) is 2.30. The molecule has 0 atom stereocenters. The zero-order valence-corrected chi connectivity index (χ0v) is 10.3. The molecule has 0 radical (unpaired) electrons. The van der Waals surface area contributed by atoms with Gasteiger partial charge in [0.05, 0.1) is 0 Å². The number of anilines is 1. The quantitative estimate of drug-likeness (QED) is 0.624. The van der Waals surface area contributed by atoms with E-state index in [2.05, 4.69) is 20.2 Å². The van der Waals surface area contributed by atoms with Gasteiger partial charge in [-0.25, -0.2) is 9.97 Å². The molecule has 6 heteroatoms. The highest BCUT2D eigenvalue weighted by Gasteiger charge is 2.11. The Hall–Kier alpha value is -0.520. The highest BCUT2D eigenvalue weighted by Crippen LogP contribution is 2.14. The Balaban J connectivity index is 0.00000112. The number of piperazine rings is 1. The maximum absolute atomic E-state index is 4.46. The summed E-state index contributed by atoms with van der Waals surface area (Å²) in [6.07, 6.45) is 3.83. The van der Waals surface area contributed by atoms with Gasteiger partial charge in [-0.1, -0.05) is 11.8 Å². The average molecular weight is 247 g/mol. The van der Waals surface area contributed by atoms with E-state index in [9.17, 15) is 0 Å². The van der Waals surface area contributed by atoms with Crippen LogP contribution >= 0.6 is 24.2 Å². The Morgan fingerprint density at radius 1 is 1.40 bits per heavy atom. The van der Waals surface area contributed by atoms with Gasteiger partial charge in [-0.3, -0.25) is 0 Å². The summed E-state index contributed by atoms with van der Waals surface area (Å²) in [5.41, 5.74) is 0. The maximum Gasteiger partial charge on any atom is 0.189 e. The third kappa shape index (κ3) is 3.22. The number of thioether (sulfide) groups is 1. The van der Waals surface area contributed by atoms with E-state index in [0.29, 0.717) is 0 Å². The van der Waals surface area contributed by atoms with Crippen LogP contribution < -0.4 is 10.2 Å². The summed E-state index contributed by atoms with van der Waals surface area (Å²) in [5.74, 6) is 1.05. The van der Waals surface area contributed by atoms with Gasteiger partial charge in [0.2, 0.25) is 0 Å². The van der Waals surface area contributed by atoms with E-state index in [1.165, 1.54) is 0 Å². The fraction of sp³-hybridized carbons (Fsp3) is 0.556. The Kier molecular flexibility index (Phi) is 5.14. The van der Waals surface area contributed by atoms with Gasteiger partial charge in [-0.15, -0.1) is 12.4 Å². The molecule has 1 fully saturated rings. The minimum atomic E-state index is 0. The molecule has 1 saturated heterocycles. The lowest BCUT2D eigenvalue weighted by Crippen LogP contribution is -2.43. The molecular weight excluding hydrogens is 232 g/mol. The summed E-state index contributed by atoms with van der Waals surface area (Å²) < 4.78 is 0. The number of halogens is 1. The zero-order chi connectivity index (χ0) is 9.80. The predicted molar refractivity (Wildman–Crippen MR) is 66.1 cm³/mol. The molecule has 1 N–H and O–H groups in total. The van der Waals surface area contributed by atoms with Gasteiger partial charge in [0.1, 0.15) is 5.82 Å². The van der Waals surface area contributed by atoms with Crippen LogP contribution in [0.5, 0.6) is 0 Å². The molecule has 84 valence electrons. The second kappa shape index (κ2) is 6.15. The van der Waals surface area contributed by atoms with Gasteiger partial charge in [0, 0.05) is 32.4 Å². The van der Waals surface area contributed by atoms with Crippen molar-refractivity contribution in [2.75, 3.05) is 37.3 Å². The Morgan fingerprint density at radius 2 is 2.13 bits per heavy atom. The van der Waals surface area contributed by atoms with E-state index in [-0.39, 0.29) is 12.4 Å². The summed E-state index contributed by atoms with van der Waals surface area (Å²) >= 11 is 1.58. The summed E-state index contributed by atoms with van der Waals surface area (Å²) in [4.78, 5) is 10.9. The van der Waals surface area contributed by atoms with E-state index in [0.717, 1.165) is 37.2 Å². The van der Waals surface area contributed by atoms with Crippen molar-refractivity contribution in [3.63, 3.8) is 0 Å². The fourth-order valence-corrected chi connectivity index (χ4v) is 1.85. The third-order valence-corrected chi connectivity index (χ3v) is 2.80. The lowest BCUT2D eigenvalue weighted by atomic mass is 10.3. The summed E-state index contributed by atoms with van der Waals surface area (Å²) in [7, 11) is 0. The van der Waals surface area contributed by atoms with Gasteiger partial charge < -0.3 is 10.2 Å². The third-order valence-electron chi connectivity index (χ3n) is 2.24. The van der Waals surface area contributed by atoms with Crippen molar-refractivity contribution in [3.05, 3.63) is 12.3 Å². The molecule has 15 heavy (non-hydrogen) atoms. The molecule has 1 aromatic heterocycles. The first-order valence-corrected chi connectivity index (χ1v) is 5.95. The number of hydrogen-bond acceptors (Lipinski definition) is 5. The number of rotatable bonds is 2. The van der Waals surface area contributed by atoms with Crippen molar-refractivity contribution < 1.29 is 0 Å². The fourth-order valence-electron chi connectivity index (χ4n) is 1.50. The van der Waals surface area contributed by atoms with E-state index < -0.39 is 0 Å². The summed E-state index contributed by atoms with van der Waals surface area (Å²) in [5, 5.41) is 4.17. The molecule has 4 nitrogen and oxygen atoms in total. The number of aromatic nitrogens is 2. The standard InChI is InChI=1S/C9H14N4S.ClH/c1-14-9-11-3-2-8(12-9)13-6-4-10-5-7-13;/h2-3,10H,4-7H2,1H3;1H. The molecule has 2 heterocycles. The van der Waals surface area contributed by atoms with Gasteiger partial charge in [-0.2, -0.15) is 0 Å². The molecule has 0 bridgehead atoms. The predicted octanol–water partition coefficient (Wildman–Crippen LogP) is 1.03. The largest absolute Gasteiger partial charge is 0.354 e. The molecule has 0 aromatic carbocycles. The van der Waals surface area contributed by atoms with Crippen LogP contribution in [0.3, 0.4) is 0 Å². The Morgan fingerprint density at radius 3 is 2.80 bits per heavy atom. The van der Waals surface area contributed by atoms with E-state index in [1.807, 2.05) is 18.5 Å². The number of hydrogen-bond donors (Lipinski definition) is 1. The van der Waals surface area contributed by atoms with Crippen molar-refractivity contribution in [1.82, 2.24) is 15.3 Å². The molecule has 1 aliphatic rings. The van der Waals surface area contributed by atoms with Crippen molar-refractivity contribution in [3.8, 4) is 0 Å². The minimum absolute atomic E-state index is 0. The van der Waals surface area contributed by atoms with Crippen molar-refractivity contribution in [2.24, 2.45) is 0 Å². The van der Waals surface area contributed by atoms with Crippen LogP contribution in [0.25, 0.3) is 0 Å².